The highest BCUT2D eigenvalue weighted by molar-refractivity contribution is 5.81. The summed E-state index contributed by atoms with van der Waals surface area (Å²) in [6.07, 6.45) is 2.27. The Hall–Kier alpha value is -1.32. The van der Waals surface area contributed by atoms with Gasteiger partial charge >= 0.3 is 0 Å². The first-order valence-electron chi connectivity index (χ1n) is 10.9. The minimum atomic E-state index is -0.450. The Morgan fingerprint density at radius 1 is 1.28 bits per heavy atom. The molecule has 7 N–H and O–H groups in total. The van der Waals surface area contributed by atoms with Gasteiger partial charge in [0.1, 0.15) is 0 Å². The molecule has 4 rings (SSSR count). The topological polar surface area (TPSA) is 142 Å². The number of nitrogens with two attached hydrogens (primary N) is 1. The summed E-state index contributed by atoms with van der Waals surface area (Å²) in [5, 5.41) is 30.8. The Morgan fingerprint density at radius 2 is 2.07 bits per heavy atom. The maximum Gasteiger partial charge on any atom is 0.229 e. The van der Waals surface area contributed by atoms with Gasteiger partial charge in [-0.15, -0.1) is 0 Å². The van der Waals surface area contributed by atoms with Gasteiger partial charge in [-0.2, -0.15) is 5.26 Å². The van der Waals surface area contributed by atoms with Gasteiger partial charge < -0.3 is 21.5 Å². The molecule has 4 saturated heterocycles. The van der Waals surface area contributed by atoms with E-state index in [2.05, 4.69) is 32.3 Å². The summed E-state index contributed by atoms with van der Waals surface area (Å²) < 4.78 is 0. The minimum absolute atomic E-state index is 0.0283. The molecule has 4 aliphatic rings. The van der Waals surface area contributed by atoms with Crippen LogP contribution in [0.4, 0.5) is 0 Å². The molecule has 0 aromatic rings. The number of aliphatic hydroxyl groups is 1. The van der Waals surface area contributed by atoms with Gasteiger partial charge in [-0.05, 0) is 31.7 Å². The van der Waals surface area contributed by atoms with E-state index in [0.717, 1.165) is 52.0 Å². The van der Waals surface area contributed by atoms with Crippen molar-refractivity contribution in [3.63, 3.8) is 0 Å². The van der Waals surface area contributed by atoms with Crippen LogP contribution in [0.5, 0.6) is 0 Å². The Bertz CT molecular complexity index is 620. The van der Waals surface area contributed by atoms with E-state index in [4.69, 9.17) is 11.0 Å². The highest BCUT2D eigenvalue weighted by Crippen LogP contribution is 2.25. The molecule has 0 aliphatic carbocycles. The van der Waals surface area contributed by atoms with Gasteiger partial charge in [-0.25, -0.2) is 10.4 Å². The lowest BCUT2D eigenvalue weighted by molar-refractivity contribution is -0.128. The summed E-state index contributed by atoms with van der Waals surface area (Å²) in [5.41, 5.74) is 9.50. The van der Waals surface area contributed by atoms with Crippen LogP contribution in [0.1, 0.15) is 25.7 Å². The number of nitriles is 1. The van der Waals surface area contributed by atoms with Crippen LogP contribution >= 0.6 is 0 Å². The molecule has 0 saturated carbocycles. The molecule has 6 unspecified atom stereocenters. The van der Waals surface area contributed by atoms with Crippen molar-refractivity contribution in [2.24, 2.45) is 17.6 Å². The molecule has 0 aromatic heterocycles. The third-order valence-corrected chi connectivity index (χ3v) is 6.87. The van der Waals surface area contributed by atoms with E-state index in [-0.39, 0.29) is 42.1 Å². The summed E-state index contributed by atoms with van der Waals surface area (Å²) in [6.45, 7) is 4.88. The molecule has 6 atom stereocenters. The van der Waals surface area contributed by atoms with E-state index in [1.165, 1.54) is 0 Å². The van der Waals surface area contributed by atoms with Crippen LogP contribution in [0.25, 0.3) is 0 Å². The first kappa shape index (κ1) is 20.9. The standard InChI is InChI=1S/C19H34N8O2/c20-5-1-12-9-23-18-16(17(21)25-27(18)11-12)19(29)24-14-10-22-6-2-15(14)26-7-3-13(28)4-8-26/h12-18,22-23,25,28H,1-4,6-11,21H2,(H,24,29). The van der Waals surface area contributed by atoms with E-state index in [1.807, 2.05) is 5.01 Å². The number of rotatable bonds is 4. The predicted octanol–water partition coefficient (Wildman–Crippen LogP) is -2.53. The van der Waals surface area contributed by atoms with Crippen molar-refractivity contribution in [3.8, 4) is 6.07 Å². The Balaban J connectivity index is 1.38. The SMILES string of the molecule is N#CCC1CNC2C(C(=O)NC3CNCCC3N3CCC(O)CC3)C(N)NN2C1. The van der Waals surface area contributed by atoms with E-state index in [9.17, 15) is 9.90 Å². The number of carbonyl (C=O) groups is 1. The number of hydrazine groups is 1. The van der Waals surface area contributed by atoms with E-state index < -0.39 is 6.17 Å². The number of carbonyl (C=O) groups excluding carboxylic acids is 1. The Labute approximate surface area is 172 Å². The zero-order chi connectivity index (χ0) is 20.4. The maximum atomic E-state index is 13.2. The van der Waals surface area contributed by atoms with Crippen LogP contribution < -0.4 is 27.1 Å². The van der Waals surface area contributed by atoms with Gasteiger partial charge in [0.25, 0.3) is 0 Å². The maximum absolute atomic E-state index is 13.2. The fourth-order valence-corrected chi connectivity index (χ4v) is 5.27. The lowest BCUT2D eigenvalue weighted by Gasteiger charge is -2.43. The van der Waals surface area contributed by atoms with Crippen molar-refractivity contribution in [2.45, 2.75) is 56.2 Å². The molecule has 29 heavy (non-hydrogen) atoms. The summed E-state index contributed by atoms with van der Waals surface area (Å²) >= 11 is 0. The fraction of sp³-hybridized carbons (Fsp3) is 0.895. The van der Waals surface area contributed by atoms with Crippen LogP contribution in [-0.4, -0.2) is 90.7 Å². The first-order chi connectivity index (χ1) is 14.1. The molecule has 0 spiro atoms. The molecule has 4 heterocycles. The highest BCUT2D eigenvalue weighted by atomic mass is 16.3. The average molecular weight is 407 g/mol. The van der Waals surface area contributed by atoms with E-state index in [1.54, 1.807) is 0 Å². The van der Waals surface area contributed by atoms with Crippen LogP contribution in [0.15, 0.2) is 0 Å². The first-order valence-corrected chi connectivity index (χ1v) is 10.9. The number of piperidine rings is 2. The highest BCUT2D eigenvalue weighted by Gasteiger charge is 2.47. The smallest absolute Gasteiger partial charge is 0.229 e. The molecule has 10 heteroatoms. The Kier molecular flexibility index (Phi) is 6.66. The van der Waals surface area contributed by atoms with Gasteiger partial charge in [-0.1, -0.05) is 0 Å². The second-order valence-electron chi connectivity index (χ2n) is 8.86. The average Bonchev–Trinajstić information content (AvgIpc) is 3.04. The molecule has 10 nitrogen and oxygen atoms in total. The molecular weight excluding hydrogens is 372 g/mol. The van der Waals surface area contributed by atoms with Crippen LogP contribution in [0.2, 0.25) is 0 Å². The summed E-state index contributed by atoms with van der Waals surface area (Å²) in [5.74, 6) is -0.178. The summed E-state index contributed by atoms with van der Waals surface area (Å²) in [6, 6.07) is 2.54. The number of likely N-dealkylation sites (tertiary alicyclic amines) is 1. The third-order valence-electron chi connectivity index (χ3n) is 6.87. The molecular formula is C19H34N8O2. The normalized spacial score (nSPS) is 39.6. The van der Waals surface area contributed by atoms with Crippen LogP contribution in [-0.2, 0) is 4.79 Å². The molecule has 0 radical (unpaired) electrons. The molecule has 4 aliphatic heterocycles. The van der Waals surface area contributed by atoms with E-state index in [0.29, 0.717) is 13.0 Å². The van der Waals surface area contributed by atoms with Crippen molar-refractivity contribution in [1.29, 1.82) is 5.26 Å². The molecule has 4 fully saturated rings. The van der Waals surface area contributed by atoms with Crippen molar-refractivity contribution < 1.29 is 9.90 Å². The number of hydrogen-bond donors (Lipinski definition) is 6. The largest absolute Gasteiger partial charge is 0.393 e. The number of nitrogens with zero attached hydrogens (tertiary/aromatic N) is 3. The monoisotopic (exact) mass is 406 g/mol. The van der Waals surface area contributed by atoms with Gasteiger partial charge in [0.2, 0.25) is 5.91 Å². The predicted molar refractivity (Wildman–Crippen MR) is 107 cm³/mol. The quantitative estimate of drug-likeness (QED) is 0.298. The number of fused-ring (bicyclic) bond motifs is 1. The second kappa shape index (κ2) is 9.22. The lowest BCUT2D eigenvalue weighted by atomic mass is 9.94. The van der Waals surface area contributed by atoms with Gasteiger partial charge in [0.15, 0.2) is 0 Å². The summed E-state index contributed by atoms with van der Waals surface area (Å²) in [7, 11) is 0. The van der Waals surface area contributed by atoms with Gasteiger partial charge in [0, 0.05) is 45.2 Å². The fourth-order valence-electron chi connectivity index (χ4n) is 5.27. The zero-order valence-electron chi connectivity index (χ0n) is 16.9. The zero-order valence-corrected chi connectivity index (χ0v) is 16.9. The molecule has 1 amide bonds. The second-order valence-corrected chi connectivity index (χ2v) is 8.86. The van der Waals surface area contributed by atoms with Crippen LogP contribution in [0.3, 0.4) is 0 Å². The minimum Gasteiger partial charge on any atom is -0.393 e. The number of nitrogens with one attached hydrogen (secondary N) is 4. The molecule has 0 bridgehead atoms. The van der Waals surface area contributed by atoms with Crippen molar-refractivity contribution >= 4 is 5.91 Å². The summed E-state index contributed by atoms with van der Waals surface area (Å²) in [4.78, 5) is 15.6. The number of amides is 1. The van der Waals surface area contributed by atoms with Gasteiger partial charge in [0.05, 0.1) is 36.5 Å². The molecule has 0 aromatic carbocycles. The number of hydrogen-bond acceptors (Lipinski definition) is 9. The third kappa shape index (κ3) is 4.56. The van der Waals surface area contributed by atoms with Crippen molar-refractivity contribution in [2.75, 3.05) is 39.3 Å². The Morgan fingerprint density at radius 3 is 2.83 bits per heavy atom. The molecule has 162 valence electrons. The van der Waals surface area contributed by atoms with Crippen LogP contribution in [0, 0.1) is 23.2 Å². The van der Waals surface area contributed by atoms with E-state index >= 15 is 0 Å². The number of aliphatic hydroxyl groups excluding tert-OH is 1. The van der Waals surface area contributed by atoms with Gasteiger partial charge in [-0.3, -0.25) is 15.0 Å². The van der Waals surface area contributed by atoms with Crippen molar-refractivity contribution in [3.05, 3.63) is 0 Å². The lowest BCUT2D eigenvalue weighted by Crippen LogP contribution is -2.63. The van der Waals surface area contributed by atoms with Crippen molar-refractivity contribution in [1.82, 2.24) is 31.3 Å².